The van der Waals surface area contributed by atoms with E-state index in [1.807, 2.05) is 0 Å². The Morgan fingerprint density at radius 2 is 2.36 bits per heavy atom. The summed E-state index contributed by atoms with van der Waals surface area (Å²) in [4.78, 5) is 0. The first-order chi connectivity index (χ1) is 5.20. The van der Waals surface area contributed by atoms with E-state index in [2.05, 4.69) is 6.58 Å². The summed E-state index contributed by atoms with van der Waals surface area (Å²) < 4.78 is 9.90. The highest BCUT2D eigenvalue weighted by molar-refractivity contribution is 5.13. The first kappa shape index (κ1) is 8.67. The molecule has 1 rings (SSSR count). The second-order valence-electron chi connectivity index (χ2n) is 2.44. The molecule has 0 saturated carbocycles. The largest absolute Gasteiger partial charge is 0.394 e. The molecule has 2 N–H and O–H groups in total. The van der Waals surface area contributed by atoms with Crippen LogP contribution < -0.4 is 0 Å². The van der Waals surface area contributed by atoms with Gasteiger partial charge in [-0.25, -0.2) is 0 Å². The average Bonchev–Trinajstić information content (AvgIpc) is 2.30. The third-order valence-corrected chi connectivity index (χ3v) is 1.73. The zero-order valence-electron chi connectivity index (χ0n) is 6.36. The monoisotopic (exact) mass is 160 g/mol. The van der Waals surface area contributed by atoms with E-state index in [9.17, 15) is 5.11 Å². The lowest BCUT2D eigenvalue weighted by Gasteiger charge is -2.08. The Bertz CT molecular complexity index is 153. The second-order valence-corrected chi connectivity index (χ2v) is 2.44. The second kappa shape index (κ2) is 3.32. The molecule has 64 valence electrons. The van der Waals surface area contributed by atoms with E-state index in [0.29, 0.717) is 5.57 Å². The van der Waals surface area contributed by atoms with Crippen molar-refractivity contribution >= 4 is 0 Å². The van der Waals surface area contributed by atoms with E-state index < -0.39 is 18.5 Å². The standard InChI is InChI=1S/C7H12O4/c1-4-6(9)5(3-8)11-7(4)10-2/h5-9H,1,3H2,2H3/t5-,6+,7+/m1/s1. The Labute approximate surface area is 65.0 Å². The van der Waals surface area contributed by atoms with Gasteiger partial charge in [0.15, 0.2) is 6.29 Å². The maximum Gasteiger partial charge on any atom is 0.182 e. The summed E-state index contributed by atoms with van der Waals surface area (Å²) >= 11 is 0. The van der Waals surface area contributed by atoms with Gasteiger partial charge in [0.25, 0.3) is 0 Å². The number of hydrogen-bond donors (Lipinski definition) is 2. The summed E-state index contributed by atoms with van der Waals surface area (Å²) in [5.74, 6) is 0. The molecule has 0 radical (unpaired) electrons. The fraction of sp³-hybridized carbons (Fsp3) is 0.714. The van der Waals surface area contributed by atoms with Crippen LogP contribution in [0.4, 0.5) is 0 Å². The van der Waals surface area contributed by atoms with Crippen LogP contribution in [0, 0.1) is 0 Å². The van der Waals surface area contributed by atoms with Crippen molar-refractivity contribution in [3.63, 3.8) is 0 Å². The third-order valence-electron chi connectivity index (χ3n) is 1.73. The Morgan fingerprint density at radius 3 is 2.64 bits per heavy atom. The van der Waals surface area contributed by atoms with Gasteiger partial charge in [0.2, 0.25) is 0 Å². The SMILES string of the molecule is C=C1[C@@H](OC)O[C@H](CO)[C@H]1O. The number of ether oxygens (including phenoxy) is 2. The van der Waals surface area contributed by atoms with E-state index >= 15 is 0 Å². The number of rotatable bonds is 2. The van der Waals surface area contributed by atoms with Crippen LogP contribution in [0.15, 0.2) is 12.2 Å². The van der Waals surface area contributed by atoms with Crippen LogP contribution in [0.25, 0.3) is 0 Å². The minimum Gasteiger partial charge on any atom is -0.394 e. The summed E-state index contributed by atoms with van der Waals surface area (Å²) in [6, 6.07) is 0. The first-order valence-electron chi connectivity index (χ1n) is 3.36. The topological polar surface area (TPSA) is 58.9 Å². The molecule has 11 heavy (non-hydrogen) atoms. The molecule has 0 bridgehead atoms. The molecule has 1 saturated heterocycles. The van der Waals surface area contributed by atoms with E-state index in [0.717, 1.165) is 0 Å². The normalized spacial score (nSPS) is 38.1. The fourth-order valence-electron chi connectivity index (χ4n) is 1.05. The summed E-state index contributed by atoms with van der Waals surface area (Å²) in [5, 5.41) is 18.0. The first-order valence-corrected chi connectivity index (χ1v) is 3.36. The van der Waals surface area contributed by atoms with Crippen LogP contribution in [0.5, 0.6) is 0 Å². The Morgan fingerprint density at radius 1 is 1.73 bits per heavy atom. The van der Waals surface area contributed by atoms with Crippen LogP contribution in [-0.4, -0.2) is 42.4 Å². The van der Waals surface area contributed by atoms with Gasteiger partial charge in [-0.15, -0.1) is 0 Å². The molecule has 1 heterocycles. The summed E-state index contributed by atoms with van der Waals surface area (Å²) in [6.45, 7) is 3.35. The van der Waals surface area contributed by atoms with E-state index in [4.69, 9.17) is 14.6 Å². The minimum absolute atomic E-state index is 0.222. The Hall–Kier alpha value is -0.420. The molecule has 4 heteroatoms. The molecule has 1 aliphatic heterocycles. The van der Waals surface area contributed by atoms with Gasteiger partial charge in [0.05, 0.1) is 6.61 Å². The van der Waals surface area contributed by atoms with Crippen molar-refractivity contribution < 1.29 is 19.7 Å². The molecule has 1 aliphatic rings. The Balaban J connectivity index is 2.61. The van der Waals surface area contributed by atoms with Crippen LogP contribution in [0.1, 0.15) is 0 Å². The summed E-state index contributed by atoms with van der Waals surface area (Å²) in [6.07, 6.45) is -1.99. The molecule has 0 spiro atoms. The van der Waals surface area contributed by atoms with Gasteiger partial charge in [0, 0.05) is 12.7 Å². The lowest BCUT2D eigenvalue weighted by Crippen LogP contribution is -2.25. The van der Waals surface area contributed by atoms with Crippen LogP contribution in [0.3, 0.4) is 0 Å². The molecule has 3 atom stereocenters. The van der Waals surface area contributed by atoms with Crippen molar-refractivity contribution in [3.8, 4) is 0 Å². The molecule has 0 aliphatic carbocycles. The molecule has 0 aromatic heterocycles. The van der Waals surface area contributed by atoms with Gasteiger partial charge < -0.3 is 19.7 Å². The maximum atomic E-state index is 9.29. The molecule has 0 aromatic carbocycles. The molecular formula is C7H12O4. The number of hydrogen-bond acceptors (Lipinski definition) is 4. The van der Waals surface area contributed by atoms with Crippen LogP contribution in [-0.2, 0) is 9.47 Å². The van der Waals surface area contributed by atoms with Gasteiger partial charge >= 0.3 is 0 Å². The van der Waals surface area contributed by atoms with Crippen LogP contribution in [0.2, 0.25) is 0 Å². The highest BCUT2D eigenvalue weighted by Crippen LogP contribution is 2.24. The van der Waals surface area contributed by atoms with E-state index in [1.54, 1.807) is 0 Å². The minimum atomic E-state index is -0.815. The van der Waals surface area contributed by atoms with Crippen molar-refractivity contribution in [2.45, 2.75) is 18.5 Å². The highest BCUT2D eigenvalue weighted by atomic mass is 16.7. The predicted octanol–water partition coefficient (Wildman–Crippen LogP) is -0.733. The Kier molecular flexibility index (Phi) is 2.62. The molecule has 0 aromatic rings. The predicted molar refractivity (Wildman–Crippen MR) is 37.9 cm³/mol. The van der Waals surface area contributed by atoms with Gasteiger partial charge in [-0.1, -0.05) is 6.58 Å². The van der Waals surface area contributed by atoms with Crippen molar-refractivity contribution in [1.29, 1.82) is 0 Å². The zero-order valence-corrected chi connectivity index (χ0v) is 6.36. The number of aliphatic hydroxyl groups excluding tert-OH is 2. The zero-order chi connectivity index (χ0) is 8.43. The molecule has 0 amide bonds. The van der Waals surface area contributed by atoms with Gasteiger partial charge in [-0.3, -0.25) is 0 Å². The quantitative estimate of drug-likeness (QED) is 0.523. The molecular weight excluding hydrogens is 148 g/mol. The molecule has 1 fully saturated rings. The number of aliphatic hydroxyl groups is 2. The van der Waals surface area contributed by atoms with Crippen molar-refractivity contribution in [1.82, 2.24) is 0 Å². The number of methoxy groups -OCH3 is 1. The lowest BCUT2D eigenvalue weighted by atomic mass is 10.1. The highest BCUT2D eigenvalue weighted by Gasteiger charge is 2.36. The van der Waals surface area contributed by atoms with Gasteiger partial charge in [-0.05, 0) is 0 Å². The van der Waals surface area contributed by atoms with Gasteiger partial charge in [0.1, 0.15) is 12.2 Å². The van der Waals surface area contributed by atoms with Crippen molar-refractivity contribution in [3.05, 3.63) is 12.2 Å². The smallest absolute Gasteiger partial charge is 0.182 e. The summed E-state index contributed by atoms with van der Waals surface area (Å²) in [5.41, 5.74) is 0.464. The molecule has 4 nitrogen and oxygen atoms in total. The maximum absolute atomic E-state index is 9.29. The average molecular weight is 160 g/mol. The van der Waals surface area contributed by atoms with Crippen molar-refractivity contribution in [2.24, 2.45) is 0 Å². The lowest BCUT2D eigenvalue weighted by molar-refractivity contribution is -0.118. The summed E-state index contributed by atoms with van der Waals surface area (Å²) in [7, 11) is 1.46. The third kappa shape index (κ3) is 1.44. The van der Waals surface area contributed by atoms with E-state index in [-0.39, 0.29) is 6.61 Å². The fourth-order valence-corrected chi connectivity index (χ4v) is 1.05. The van der Waals surface area contributed by atoms with E-state index in [1.165, 1.54) is 7.11 Å². The van der Waals surface area contributed by atoms with Gasteiger partial charge in [-0.2, -0.15) is 0 Å². The van der Waals surface area contributed by atoms with Crippen molar-refractivity contribution in [2.75, 3.05) is 13.7 Å². The van der Waals surface area contributed by atoms with Crippen LogP contribution >= 0.6 is 0 Å². The molecule has 0 unspecified atom stereocenters.